The molecule has 0 spiro atoms. The number of rotatable bonds is 3. The quantitative estimate of drug-likeness (QED) is 0.490. The normalized spacial score (nSPS) is 10.0. The average Bonchev–Trinajstić information content (AvgIpc) is 2.41. The third kappa shape index (κ3) is 2.98. The van der Waals surface area contributed by atoms with Gasteiger partial charge >= 0.3 is 5.97 Å². The Morgan fingerprint density at radius 3 is 2.58 bits per heavy atom. The predicted octanol–water partition coefficient (Wildman–Crippen LogP) is 3.51. The first kappa shape index (κ1) is 13.2. The van der Waals surface area contributed by atoms with Gasteiger partial charge < -0.3 is 4.74 Å². The summed E-state index contributed by atoms with van der Waals surface area (Å²) in [4.78, 5) is 22.3. The molecule has 0 fully saturated rings. The van der Waals surface area contributed by atoms with Crippen LogP contribution in [0.1, 0.15) is 20.7 Å². The molecular weight excluding hydrogens is 271 g/mol. The molecule has 0 N–H and O–H groups in total. The Morgan fingerprint density at radius 2 is 1.95 bits per heavy atom. The van der Waals surface area contributed by atoms with Gasteiger partial charge in [0.25, 0.3) is 0 Å². The minimum absolute atomic E-state index is 0.0699. The van der Waals surface area contributed by atoms with Crippen molar-refractivity contribution in [3.8, 4) is 5.75 Å². The van der Waals surface area contributed by atoms with Crippen LogP contribution in [0.15, 0.2) is 42.5 Å². The van der Waals surface area contributed by atoms with E-state index in [0.717, 1.165) is 6.07 Å². The summed E-state index contributed by atoms with van der Waals surface area (Å²) in [6.45, 7) is 0. The third-order valence-corrected chi connectivity index (χ3v) is 2.68. The molecule has 0 aliphatic rings. The lowest BCUT2D eigenvalue weighted by Gasteiger charge is -2.07. The van der Waals surface area contributed by atoms with Crippen molar-refractivity contribution in [2.45, 2.75) is 0 Å². The zero-order valence-electron chi connectivity index (χ0n) is 9.60. The largest absolute Gasteiger partial charge is 0.421 e. The number of hydrogen-bond acceptors (Lipinski definition) is 3. The lowest BCUT2D eigenvalue weighted by atomic mass is 10.2. The van der Waals surface area contributed by atoms with Gasteiger partial charge in [-0.3, -0.25) is 4.79 Å². The molecule has 0 atom stereocenters. The van der Waals surface area contributed by atoms with Crippen LogP contribution < -0.4 is 4.74 Å². The first-order valence-corrected chi connectivity index (χ1v) is 5.71. The van der Waals surface area contributed by atoms with E-state index < -0.39 is 11.8 Å². The molecule has 0 heterocycles. The molecule has 19 heavy (non-hydrogen) atoms. The van der Waals surface area contributed by atoms with Crippen molar-refractivity contribution in [3.63, 3.8) is 0 Å². The highest BCUT2D eigenvalue weighted by Crippen LogP contribution is 2.26. The molecule has 0 amide bonds. The number of carbonyl (C=O) groups excluding carboxylic acids is 2. The summed E-state index contributed by atoms with van der Waals surface area (Å²) in [6, 6.07) is 9.65. The van der Waals surface area contributed by atoms with Crippen LogP contribution in [0.3, 0.4) is 0 Å². The van der Waals surface area contributed by atoms with Gasteiger partial charge in [0.1, 0.15) is 17.9 Å². The standard InChI is InChI=1S/C14H8ClFO3/c15-11-7-9(8-17)5-6-13(11)19-14(18)10-3-1-2-4-12(10)16/h1-8H. The van der Waals surface area contributed by atoms with Gasteiger partial charge in [0.05, 0.1) is 10.6 Å². The summed E-state index contributed by atoms with van der Waals surface area (Å²) in [5, 5.41) is 0.106. The fourth-order valence-electron chi connectivity index (χ4n) is 1.45. The zero-order chi connectivity index (χ0) is 13.8. The summed E-state index contributed by atoms with van der Waals surface area (Å²) in [5.41, 5.74) is 0.175. The average molecular weight is 279 g/mol. The Labute approximate surface area is 113 Å². The van der Waals surface area contributed by atoms with Crippen molar-refractivity contribution in [3.05, 3.63) is 64.4 Å². The third-order valence-electron chi connectivity index (χ3n) is 2.39. The lowest BCUT2D eigenvalue weighted by Crippen LogP contribution is -2.10. The maximum Gasteiger partial charge on any atom is 0.346 e. The van der Waals surface area contributed by atoms with Gasteiger partial charge in [0.2, 0.25) is 0 Å². The van der Waals surface area contributed by atoms with E-state index in [1.54, 1.807) is 0 Å². The number of hydrogen-bond donors (Lipinski definition) is 0. The van der Waals surface area contributed by atoms with E-state index in [4.69, 9.17) is 16.3 Å². The summed E-state index contributed by atoms with van der Waals surface area (Å²) in [5.74, 6) is -1.45. The zero-order valence-corrected chi connectivity index (χ0v) is 10.4. The first-order chi connectivity index (χ1) is 9.11. The Hall–Kier alpha value is -2.20. The second-order valence-electron chi connectivity index (χ2n) is 3.68. The predicted molar refractivity (Wildman–Crippen MR) is 68.2 cm³/mol. The van der Waals surface area contributed by atoms with Gasteiger partial charge in [0, 0.05) is 5.56 Å². The summed E-state index contributed by atoms with van der Waals surface area (Å²) in [7, 11) is 0. The van der Waals surface area contributed by atoms with Crippen LogP contribution in [0.25, 0.3) is 0 Å². The van der Waals surface area contributed by atoms with Crippen molar-refractivity contribution >= 4 is 23.9 Å². The first-order valence-electron chi connectivity index (χ1n) is 5.33. The molecule has 2 aromatic rings. The van der Waals surface area contributed by atoms with E-state index in [2.05, 4.69) is 0 Å². The van der Waals surface area contributed by atoms with Crippen LogP contribution in [0.5, 0.6) is 5.75 Å². The second-order valence-corrected chi connectivity index (χ2v) is 4.08. The summed E-state index contributed by atoms with van der Waals surface area (Å²) < 4.78 is 18.4. The minimum Gasteiger partial charge on any atom is -0.421 e. The van der Waals surface area contributed by atoms with Crippen molar-refractivity contribution < 1.29 is 18.7 Å². The second kappa shape index (κ2) is 5.63. The van der Waals surface area contributed by atoms with Crippen molar-refractivity contribution in [2.24, 2.45) is 0 Å². The van der Waals surface area contributed by atoms with E-state index >= 15 is 0 Å². The number of carbonyl (C=O) groups is 2. The Morgan fingerprint density at radius 1 is 1.21 bits per heavy atom. The highest BCUT2D eigenvalue weighted by molar-refractivity contribution is 6.32. The van der Waals surface area contributed by atoms with Gasteiger partial charge in [-0.25, -0.2) is 9.18 Å². The maximum absolute atomic E-state index is 13.4. The van der Waals surface area contributed by atoms with Gasteiger partial charge in [-0.05, 0) is 30.3 Å². The monoisotopic (exact) mass is 278 g/mol. The molecule has 5 heteroatoms. The number of aldehydes is 1. The number of ether oxygens (including phenoxy) is 1. The van der Waals surface area contributed by atoms with Gasteiger partial charge in [-0.1, -0.05) is 23.7 Å². The van der Waals surface area contributed by atoms with Crippen molar-refractivity contribution in [1.29, 1.82) is 0 Å². The van der Waals surface area contributed by atoms with E-state index in [1.165, 1.54) is 36.4 Å². The Kier molecular flexibility index (Phi) is 3.92. The highest BCUT2D eigenvalue weighted by atomic mass is 35.5. The smallest absolute Gasteiger partial charge is 0.346 e. The van der Waals surface area contributed by atoms with E-state index in [-0.39, 0.29) is 16.3 Å². The Bertz CT molecular complexity index is 640. The molecule has 2 aromatic carbocycles. The number of benzene rings is 2. The molecule has 96 valence electrons. The van der Waals surface area contributed by atoms with Crippen LogP contribution in [-0.4, -0.2) is 12.3 Å². The molecule has 0 bridgehead atoms. The summed E-state index contributed by atoms with van der Waals surface area (Å²) >= 11 is 5.85. The molecule has 0 aliphatic carbocycles. The van der Waals surface area contributed by atoms with Crippen LogP contribution in [0, 0.1) is 5.82 Å². The topological polar surface area (TPSA) is 43.4 Å². The molecule has 2 rings (SSSR count). The fourth-order valence-corrected chi connectivity index (χ4v) is 1.68. The van der Waals surface area contributed by atoms with Crippen molar-refractivity contribution in [2.75, 3.05) is 0 Å². The van der Waals surface area contributed by atoms with Gasteiger partial charge in [0.15, 0.2) is 0 Å². The maximum atomic E-state index is 13.4. The van der Waals surface area contributed by atoms with Crippen LogP contribution in [-0.2, 0) is 0 Å². The Balaban J connectivity index is 2.24. The van der Waals surface area contributed by atoms with Gasteiger partial charge in [-0.15, -0.1) is 0 Å². The van der Waals surface area contributed by atoms with Gasteiger partial charge in [-0.2, -0.15) is 0 Å². The van der Waals surface area contributed by atoms with Crippen LogP contribution >= 0.6 is 11.6 Å². The molecule has 0 saturated carbocycles. The molecule has 0 unspecified atom stereocenters. The molecule has 0 saturated heterocycles. The molecular formula is C14H8ClFO3. The van der Waals surface area contributed by atoms with Crippen LogP contribution in [0.2, 0.25) is 5.02 Å². The van der Waals surface area contributed by atoms with E-state index in [9.17, 15) is 14.0 Å². The highest BCUT2D eigenvalue weighted by Gasteiger charge is 2.15. The van der Waals surface area contributed by atoms with Crippen LogP contribution in [0.4, 0.5) is 4.39 Å². The van der Waals surface area contributed by atoms with E-state index in [1.807, 2.05) is 0 Å². The molecule has 0 aromatic heterocycles. The van der Waals surface area contributed by atoms with Crippen molar-refractivity contribution in [1.82, 2.24) is 0 Å². The SMILES string of the molecule is O=Cc1ccc(OC(=O)c2ccccc2F)c(Cl)c1. The minimum atomic E-state index is -0.848. The fraction of sp³-hybridized carbons (Fsp3) is 0. The van der Waals surface area contributed by atoms with E-state index in [0.29, 0.717) is 11.8 Å². The molecule has 0 radical (unpaired) electrons. The summed E-state index contributed by atoms with van der Waals surface area (Å²) in [6.07, 6.45) is 0.619. The lowest BCUT2D eigenvalue weighted by molar-refractivity contribution is 0.0730. The molecule has 0 aliphatic heterocycles. The number of halogens is 2. The molecule has 3 nitrogen and oxygen atoms in total. The number of esters is 1.